The summed E-state index contributed by atoms with van der Waals surface area (Å²) < 4.78 is 7.10. The Labute approximate surface area is 207 Å². The normalized spacial score (nSPS) is 17.6. The summed E-state index contributed by atoms with van der Waals surface area (Å²) in [4.78, 5) is 41.2. The van der Waals surface area contributed by atoms with Crippen LogP contribution in [0.2, 0.25) is 0 Å². The van der Waals surface area contributed by atoms with Crippen LogP contribution in [-0.2, 0) is 4.79 Å². The third kappa shape index (κ3) is 4.49. The van der Waals surface area contributed by atoms with Crippen molar-refractivity contribution >= 4 is 34.2 Å². The number of rotatable bonds is 6. The van der Waals surface area contributed by atoms with E-state index in [1.54, 1.807) is 23.8 Å². The molecule has 1 aliphatic carbocycles. The lowest BCUT2D eigenvalue weighted by Crippen LogP contribution is -2.31. The molecule has 0 atom stereocenters. The number of hydrogen-bond acceptors (Lipinski definition) is 5. The van der Waals surface area contributed by atoms with Crippen molar-refractivity contribution in [1.29, 1.82) is 0 Å². The molecular weight excluding hydrogens is 460 g/mol. The van der Waals surface area contributed by atoms with E-state index in [2.05, 4.69) is 25.8 Å². The number of amides is 2. The number of anilines is 2. The number of nitrogens with one attached hydrogen (secondary N) is 4. The van der Waals surface area contributed by atoms with Gasteiger partial charge in [0.15, 0.2) is 0 Å². The fraction of sp³-hybridized carbons (Fsp3) is 0.308. The van der Waals surface area contributed by atoms with Crippen molar-refractivity contribution in [2.75, 3.05) is 17.7 Å². The fourth-order valence-corrected chi connectivity index (χ4v) is 4.93. The van der Waals surface area contributed by atoms with E-state index in [9.17, 15) is 14.4 Å². The predicted molar refractivity (Wildman–Crippen MR) is 136 cm³/mol. The van der Waals surface area contributed by atoms with Gasteiger partial charge in [0.2, 0.25) is 5.91 Å². The zero-order valence-corrected chi connectivity index (χ0v) is 20.1. The summed E-state index contributed by atoms with van der Waals surface area (Å²) in [6.07, 6.45) is 4.26. The molecule has 0 bridgehead atoms. The number of imidazole rings is 1. The molecule has 0 aliphatic heterocycles. The Hall–Kier alpha value is -4.34. The molecule has 2 aromatic carbocycles. The summed E-state index contributed by atoms with van der Waals surface area (Å²) in [5, 5.41) is 12.3. The van der Waals surface area contributed by atoms with E-state index >= 15 is 0 Å². The van der Waals surface area contributed by atoms with Crippen molar-refractivity contribution < 1.29 is 14.3 Å². The maximum absolute atomic E-state index is 12.9. The number of carbonyl (C=O) groups excluding carboxylic acids is 2. The fourth-order valence-electron chi connectivity index (χ4n) is 4.93. The van der Waals surface area contributed by atoms with Crippen LogP contribution in [0.1, 0.15) is 47.8 Å². The monoisotopic (exact) mass is 488 g/mol. The van der Waals surface area contributed by atoms with Crippen LogP contribution in [0.3, 0.4) is 0 Å². The van der Waals surface area contributed by atoms with Gasteiger partial charge in [-0.1, -0.05) is 12.1 Å². The number of fused-ring (bicyclic) bond motifs is 1. The molecule has 4 aromatic rings. The topological polar surface area (TPSA) is 134 Å². The molecule has 4 N–H and O–H groups in total. The summed E-state index contributed by atoms with van der Waals surface area (Å²) in [6, 6.07) is 12.6. The van der Waals surface area contributed by atoms with E-state index < -0.39 is 0 Å². The van der Waals surface area contributed by atoms with Gasteiger partial charge in [0.05, 0.1) is 23.8 Å². The first-order valence-corrected chi connectivity index (χ1v) is 11.9. The molecule has 2 amide bonds. The Balaban J connectivity index is 1.28. The van der Waals surface area contributed by atoms with Crippen LogP contribution in [0.5, 0.6) is 5.75 Å². The summed E-state index contributed by atoms with van der Waals surface area (Å²) in [6.45, 7) is 1.95. The summed E-state index contributed by atoms with van der Waals surface area (Å²) in [5.74, 6) is 0.245. The highest BCUT2D eigenvalue weighted by molar-refractivity contribution is 6.07. The largest absolute Gasteiger partial charge is 0.496 e. The van der Waals surface area contributed by atoms with Crippen LogP contribution in [0.25, 0.3) is 11.0 Å². The molecule has 0 unspecified atom stereocenters. The molecule has 1 fully saturated rings. The standard InChI is InChI=1S/C26H28N6O4/c1-15-6-9-17(14-22(15)36-2)28-24(33)16-7-10-18(11-8-16)32-21-5-3-4-19(23(21)30-26(32)35)29-25(34)20-12-13-27-31-20/h3-6,9,12-14,16,18H,7-8,10-11H2,1-2H3,(H,27,31)(H,28,33)(H,29,34)(H,30,35). The predicted octanol–water partition coefficient (Wildman–Crippen LogP) is 3.99. The average molecular weight is 489 g/mol. The molecular formula is C26H28N6O4. The van der Waals surface area contributed by atoms with Crippen LogP contribution < -0.4 is 21.1 Å². The molecule has 36 heavy (non-hydrogen) atoms. The molecule has 186 valence electrons. The Morgan fingerprint density at radius 3 is 2.61 bits per heavy atom. The van der Waals surface area contributed by atoms with Gasteiger partial charge in [-0.25, -0.2) is 4.79 Å². The minimum atomic E-state index is -0.341. The molecule has 10 nitrogen and oxygen atoms in total. The van der Waals surface area contributed by atoms with Crippen molar-refractivity contribution in [3.63, 3.8) is 0 Å². The smallest absolute Gasteiger partial charge is 0.326 e. The Morgan fingerprint density at radius 2 is 1.89 bits per heavy atom. The second-order valence-electron chi connectivity index (χ2n) is 9.10. The summed E-state index contributed by atoms with van der Waals surface area (Å²) >= 11 is 0. The van der Waals surface area contributed by atoms with E-state index in [1.807, 2.05) is 37.3 Å². The maximum atomic E-state index is 12.9. The number of aromatic amines is 2. The van der Waals surface area contributed by atoms with Crippen LogP contribution in [-0.4, -0.2) is 38.7 Å². The quantitative estimate of drug-likeness (QED) is 0.326. The van der Waals surface area contributed by atoms with Gasteiger partial charge in [0, 0.05) is 29.9 Å². The van der Waals surface area contributed by atoms with E-state index in [-0.39, 0.29) is 29.5 Å². The summed E-state index contributed by atoms with van der Waals surface area (Å²) in [5.41, 5.74) is 3.63. The minimum Gasteiger partial charge on any atom is -0.496 e. The van der Waals surface area contributed by atoms with Crippen molar-refractivity contribution in [2.45, 2.75) is 38.6 Å². The average Bonchev–Trinajstić information content (AvgIpc) is 3.54. The van der Waals surface area contributed by atoms with E-state index in [0.29, 0.717) is 48.3 Å². The van der Waals surface area contributed by atoms with E-state index in [1.165, 1.54) is 6.20 Å². The number of hydrogen-bond donors (Lipinski definition) is 4. The number of benzene rings is 2. The SMILES string of the molecule is COc1cc(NC(=O)C2CCC(n3c(=O)[nH]c4c(NC(=O)c5ccn[nH]5)cccc43)CC2)ccc1C. The summed E-state index contributed by atoms with van der Waals surface area (Å²) in [7, 11) is 1.61. The van der Waals surface area contributed by atoms with Crippen LogP contribution in [0.4, 0.5) is 11.4 Å². The van der Waals surface area contributed by atoms with Gasteiger partial charge in [0.25, 0.3) is 5.91 Å². The Bertz CT molecular complexity index is 1460. The minimum absolute atomic E-state index is 0.0190. The molecule has 10 heteroatoms. The van der Waals surface area contributed by atoms with Crippen LogP contribution in [0.15, 0.2) is 53.5 Å². The molecule has 5 rings (SSSR count). The molecule has 1 aliphatic rings. The van der Waals surface area contributed by atoms with Crippen molar-refractivity contribution in [3.8, 4) is 5.75 Å². The third-order valence-electron chi connectivity index (χ3n) is 6.85. The van der Waals surface area contributed by atoms with Gasteiger partial charge in [-0.05, 0) is 62.4 Å². The first-order chi connectivity index (χ1) is 17.4. The molecule has 1 saturated carbocycles. The highest BCUT2D eigenvalue weighted by Crippen LogP contribution is 2.35. The lowest BCUT2D eigenvalue weighted by atomic mass is 9.85. The van der Waals surface area contributed by atoms with Crippen molar-refractivity contribution in [2.24, 2.45) is 5.92 Å². The number of H-pyrrole nitrogens is 2. The van der Waals surface area contributed by atoms with Gasteiger partial charge in [-0.15, -0.1) is 0 Å². The second-order valence-corrected chi connectivity index (χ2v) is 9.10. The Morgan fingerprint density at radius 1 is 1.08 bits per heavy atom. The van der Waals surface area contributed by atoms with E-state index in [4.69, 9.17) is 4.74 Å². The van der Waals surface area contributed by atoms with Gasteiger partial charge < -0.3 is 20.4 Å². The number of para-hydroxylation sites is 1. The van der Waals surface area contributed by atoms with Gasteiger partial charge in [-0.3, -0.25) is 19.3 Å². The van der Waals surface area contributed by atoms with Gasteiger partial charge in [-0.2, -0.15) is 5.10 Å². The van der Waals surface area contributed by atoms with Crippen molar-refractivity contribution in [3.05, 3.63) is 70.4 Å². The number of carbonyl (C=O) groups is 2. The van der Waals surface area contributed by atoms with Gasteiger partial charge in [0.1, 0.15) is 11.4 Å². The van der Waals surface area contributed by atoms with Crippen LogP contribution >= 0.6 is 0 Å². The first kappa shape index (κ1) is 23.4. The lowest BCUT2D eigenvalue weighted by molar-refractivity contribution is -0.121. The van der Waals surface area contributed by atoms with Crippen LogP contribution in [0, 0.1) is 12.8 Å². The second kappa shape index (κ2) is 9.73. The number of aryl methyl sites for hydroxylation is 1. The zero-order chi connectivity index (χ0) is 25.2. The highest BCUT2D eigenvalue weighted by Gasteiger charge is 2.29. The Kier molecular flexibility index (Phi) is 6.32. The first-order valence-electron chi connectivity index (χ1n) is 11.9. The highest BCUT2D eigenvalue weighted by atomic mass is 16.5. The number of aromatic nitrogens is 4. The van der Waals surface area contributed by atoms with E-state index in [0.717, 1.165) is 16.8 Å². The molecule has 0 saturated heterocycles. The molecule has 2 heterocycles. The zero-order valence-electron chi connectivity index (χ0n) is 20.1. The number of nitrogens with zero attached hydrogens (tertiary/aromatic N) is 2. The number of methoxy groups -OCH3 is 1. The molecule has 0 radical (unpaired) electrons. The number of ether oxygens (including phenoxy) is 1. The molecule has 2 aromatic heterocycles. The maximum Gasteiger partial charge on any atom is 0.326 e. The lowest BCUT2D eigenvalue weighted by Gasteiger charge is -2.28. The third-order valence-corrected chi connectivity index (χ3v) is 6.85. The molecule has 0 spiro atoms. The van der Waals surface area contributed by atoms with Gasteiger partial charge >= 0.3 is 5.69 Å². The van der Waals surface area contributed by atoms with Crippen molar-refractivity contribution in [1.82, 2.24) is 19.7 Å².